The highest BCUT2D eigenvalue weighted by atomic mass is 79.9. The Morgan fingerprint density at radius 3 is 2.75 bits per heavy atom. The van der Waals surface area contributed by atoms with Crippen LogP contribution in [0.5, 0.6) is 0 Å². The van der Waals surface area contributed by atoms with E-state index in [1.165, 1.54) is 13.5 Å². The number of rotatable bonds is 4. The summed E-state index contributed by atoms with van der Waals surface area (Å²) in [6.07, 6.45) is 0.979. The SMILES string of the molecule is CNC(Cc1ccc(Br)s1)c1sccc1Cl. The van der Waals surface area contributed by atoms with E-state index in [4.69, 9.17) is 11.6 Å². The first-order valence-corrected chi connectivity index (χ1v) is 7.71. The molecular weight excluding hydrogens is 326 g/mol. The maximum atomic E-state index is 6.15. The smallest absolute Gasteiger partial charge is 0.0701 e. The second kappa shape index (κ2) is 5.65. The van der Waals surface area contributed by atoms with Gasteiger partial charge in [-0.25, -0.2) is 0 Å². The predicted molar refractivity (Wildman–Crippen MR) is 76.9 cm³/mol. The van der Waals surface area contributed by atoms with E-state index in [1.807, 2.05) is 18.5 Å². The van der Waals surface area contributed by atoms with E-state index in [9.17, 15) is 0 Å². The van der Waals surface area contributed by atoms with Crippen LogP contribution in [0, 0.1) is 0 Å². The fraction of sp³-hybridized carbons (Fsp3) is 0.273. The Morgan fingerprint density at radius 1 is 1.44 bits per heavy atom. The summed E-state index contributed by atoms with van der Waals surface area (Å²) in [6, 6.07) is 6.50. The topological polar surface area (TPSA) is 12.0 Å². The lowest BCUT2D eigenvalue weighted by atomic mass is 10.1. The third-order valence-corrected chi connectivity index (χ3v) is 5.46. The van der Waals surface area contributed by atoms with E-state index >= 15 is 0 Å². The summed E-state index contributed by atoms with van der Waals surface area (Å²) in [6.45, 7) is 0. The molecule has 16 heavy (non-hydrogen) atoms. The van der Waals surface area contributed by atoms with Crippen LogP contribution in [0.2, 0.25) is 5.02 Å². The minimum Gasteiger partial charge on any atom is -0.312 e. The molecule has 0 bridgehead atoms. The average Bonchev–Trinajstić information content (AvgIpc) is 2.84. The summed E-state index contributed by atoms with van der Waals surface area (Å²) >= 11 is 13.1. The van der Waals surface area contributed by atoms with Crippen molar-refractivity contribution in [1.82, 2.24) is 5.32 Å². The molecule has 2 heterocycles. The highest BCUT2D eigenvalue weighted by Gasteiger charge is 2.15. The number of halogens is 2. The van der Waals surface area contributed by atoms with E-state index < -0.39 is 0 Å². The van der Waals surface area contributed by atoms with Gasteiger partial charge in [0.25, 0.3) is 0 Å². The number of likely N-dealkylation sites (N-methyl/N-ethyl adjacent to an activating group) is 1. The van der Waals surface area contributed by atoms with Crippen LogP contribution >= 0.6 is 50.2 Å². The van der Waals surface area contributed by atoms with Gasteiger partial charge in [0.1, 0.15) is 0 Å². The van der Waals surface area contributed by atoms with Crippen molar-refractivity contribution >= 4 is 50.2 Å². The summed E-state index contributed by atoms with van der Waals surface area (Å²) < 4.78 is 1.18. The van der Waals surface area contributed by atoms with E-state index in [-0.39, 0.29) is 0 Å². The molecule has 2 aromatic heterocycles. The van der Waals surface area contributed by atoms with Crippen molar-refractivity contribution in [3.8, 4) is 0 Å². The number of thiophene rings is 2. The lowest BCUT2D eigenvalue weighted by molar-refractivity contribution is 0.607. The van der Waals surface area contributed by atoms with E-state index in [1.54, 1.807) is 22.7 Å². The fourth-order valence-corrected chi connectivity index (χ4v) is 4.37. The van der Waals surface area contributed by atoms with Gasteiger partial charge in [-0.3, -0.25) is 0 Å². The Balaban J connectivity index is 2.15. The molecule has 2 aromatic rings. The van der Waals surface area contributed by atoms with Gasteiger partial charge in [0.2, 0.25) is 0 Å². The van der Waals surface area contributed by atoms with Crippen molar-refractivity contribution in [3.05, 3.63) is 42.1 Å². The van der Waals surface area contributed by atoms with E-state index in [0.29, 0.717) is 6.04 Å². The highest BCUT2D eigenvalue weighted by molar-refractivity contribution is 9.11. The van der Waals surface area contributed by atoms with Gasteiger partial charge < -0.3 is 5.32 Å². The Kier molecular flexibility index (Phi) is 4.44. The highest BCUT2D eigenvalue weighted by Crippen LogP contribution is 2.32. The third kappa shape index (κ3) is 2.87. The summed E-state index contributed by atoms with van der Waals surface area (Å²) in [4.78, 5) is 2.57. The van der Waals surface area contributed by atoms with Gasteiger partial charge in [-0.1, -0.05) is 11.6 Å². The fourth-order valence-electron chi connectivity index (χ4n) is 1.54. The van der Waals surface area contributed by atoms with Crippen molar-refractivity contribution in [3.63, 3.8) is 0 Å². The predicted octanol–water partition coefficient (Wildman–Crippen LogP) is 4.73. The first-order valence-electron chi connectivity index (χ1n) is 4.85. The zero-order chi connectivity index (χ0) is 11.5. The van der Waals surface area contributed by atoms with Crippen LogP contribution < -0.4 is 5.32 Å². The molecule has 0 fully saturated rings. The maximum Gasteiger partial charge on any atom is 0.0701 e. The molecule has 5 heteroatoms. The zero-order valence-corrected chi connectivity index (χ0v) is 12.6. The van der Waals surface area contributed by atoms with Gasteiger partial charge in [0, 0.05) is 22.2 Å². The quantitative estimate of drug-likeness (QED) is 0.851. The maximum absolute atomic E-state index is 6.15. The Morgan fingerprint density at radius 2 is 2.25 bits per heavy atom. The molecule has 0 amide bonds. The van der Waals surface area contributed by atoms with Crippen LogP contribution in [0.4, 0.5) is 0 Å². The average molecular weight is 337 g/mol. The molecule has 0 aliphatic heterocycles. The van der Waals surface area contributed by atoms with Gasteiger partial charge in [-0.15, -0.1) is 22.7 Å². The van der Waals surface area contributed by atoms with Gasteiger partial charge in [-0.05, 0) is 46.6 Å². The van der Waals surface area contributed by atoms with Crippen molar-refractivity contribution in [2.24, 2.45) is 0 Å². The van der Waals surface area contributed by atoms with Crippen molar-refractivity contribution < 1.29 is 0 Å². The molecule has 0 saturated carbocycles. The molecule has 2 rings (SSSR count). The molecule has 0 spiro atoms. The number of nitrogens with one attached hydrogen (secondary N) is 1. The van der Waals surface area contributed by atoms with Crippen LogP contribution in [0.25, 0.3) is 0 Å². The molecular formula is C11H11BrClNS2. The summed E-state index contributed by atoms with van der Waals surface area (Å²) in [5.41, 5.74) is 0. The molecule has 86 valence electrons. The molecule has 1 nitrogen and oxygen atoms in total. The summed E-state index contributed by atoms with van der Waals surface area (Å²) in [7, 11) is 1.98. The molecule has 0 aromatic carbocycles. The molecule has 0 aliphatic rings. The number of hydrogen-bond donors (Lipinski definition) is 1. The third-order valence-electron chi connectivity index (χ3n) is 2.34. The number of hydrogen-bond acceptors (Lipinski definition) is 3. The molecule has 0 radical (unpaired) electrons. The molecule has 0 saturated heterocycles. The molecule has 1 atom stereocenters. The molecule has 0 aliphatic carbocycles. The van der Waals surface area contributed by atoms with Gasteiger partial charge in [0.15, 0.2) is 0 Å². The zero-order valence-electron chi connectivity index (χ0n) is 8.67. The standard InChI is InChI=1S/C11H11BrClNS2/c1-14-9(11-8(13)4-5-15-11)6-7-2-3-10(12)16-7/h2-5,9,14H,6H2,1H3. The first kappa shape index (κ1) is 12.6. The summed E-state index contributed by atoms with van der Waals surface area (Å²) in [5.74, 6) is 0. The van der Waals surface area contributed by atoms with Crippen molar-refractivity contribution in [1.29, 1.82) is 0 Å². The van der Waals surface area contributed by atoms with Gasteiger partial charge in [-0.2, -0.15) is 0 Å². The normalized spacial score (nSPS) is 12.9. The minimum absolute atomic E-state index is 0.304. The second-order valence-corrected chi connectivity index (χ2v) is 7.29. The van der Waals surface area contributed by atoms with E-state index in [2.05, 4.69) is 33.4 Å². The Bertz CT molecular complexity index is 466. The lowest BCUT2D eigenvalue weighted by Gasteiger charge is -2.14. The lowest BCUT2D eigenvalue weighted by Crippen LogP contribution is -2.17. The van der Waals surface area contributed by atoms with Crippen LogP contribution in [-0.2, 0) is 6.42 Å². The van der Waals surface area contributed by atoms with E-state index in [0.717, 1.165) is 11.4 Å². The second-order valence-electron chi connectivity index (χ2n) is 3.38. The van der Waals surface area contributed by atoms with Crippen molar-refractivity contribution in [2.75, 3.05) is 7.05 Å². The van der Waals surface area contributed by atoms with Crippen LogP contribution in [0.3, 0.4) is 0 Å². The van der Waals surface area contributed by atoms with Crippen LogP contribution in [-0.4, -0.2) is 7.05 Å². The Labute approximate surface area is 117 Å². The van der Waals surface area contributed by atoms with Gasteiger partial charge in [0.05, 0.1) is 8.81 Å². The molecule has 1 unspecified atom stereocenters. The van der Waals surface area contributed by atoms with Crippen molar-refractivity contribution in [2.45, 2.75) is 12.5 Å². The summed E-state index contributed by atoms with van der Waals surface area (Å²) in [5, 5.41) is 6.22. The first-order chi connectivity index (χ1) is 7.70. The van der Waals surface area contributed by atoms with Crippen LogP contribution in [0.1, 0.15) is 15.8 Å². The molecule has 1 N–H and O–H groups in total. The Hall–Kier alpha value is 0.130. The largest absolute Gasteiger partial charge is 0.312 e. The minimum atomic E-state index is 0.304. The monoisotopic (exact) mass is 335 g/mol. The van der Waals surface area contributed by atoms with Gasteiger partial charge >= 0.3 is 0 Å². The van der Waals surface area contributed by atoms with Crippen LogP contribution in [0.15, 0.2) is 27.4 Å².